The number of fused-ring (bicyclic) bond motifs is 1. The average Bonchev–Trinajstić information content (AvgIpc) is 3.30. The van der Waals surface area contributed by atoms with Gasteiger partial charge in [0.2, 0.25) is 5.91 Å². The Morgan fingerprint density at radius 3 is 2.69 bits per heavy atom. The molecule has 1 amide bonds. The van der Waals surface area contributed by atoms with E-state index in [1.807, 2.05) is 46.3 Å². The van der Waals surface area contributed by atoms with Crippen LogP contribution in [0.2, 0.25) is 0 Å². The summed E-state index contributed by atoms with van der Waals surface area (Å²) in [4.78, 5) is 17.8. The monoisotopic (exact) mass is 413 g/mol. The molecule has 29 heavy (non-hydrogen) atoms. The Bertz CT molecular complexity index is 1130. The molecule has 4 aromatic rings. The van der Waals surface area contributed by atoms with E-state index in [4.69, 9.17) is 0 Å². The molecule has 8 heteroatoms. The summed E-state index contributed by atoms with van der Waals surface area (Å²) in [7, 11) is 0. The van der Waals surface area contributed by atoms with Crippen molar-refractivity contribution in [3.8, 4) is 17.0 Å². The molecular formula is C21H17F2N3O2S. The molecule has 0 saturated carbocycles. The van der Waals surface area contributed by atoms with Gasteiger partial charge in [-0.1, -0.05) is 48.5 Å². The van der Waals surface area contributed by atoms with Crippen molar-refractivity contribution in [2.75, 3.05) is 0 Å². The first kappa shape index (κ1) is 19.1. The van der Waals surface area contributed by atoms with Gasteiger partial charge in [0.1, 0.15) is 5.75 Å². The number of imidazole rings is 1. The van der Waals surface area contributed by atoms with Crippen LogP contribution in [-0.2, 0) is 17.8 Å². The van der Waals surface area contributed by atoms with Gasteiger partial charge in [0.25, 0.3) is 0 Å². The number of thiazole rings is 1. The normalized spacial score (nSPS) is 11.1. The van der Waals surface area contributed by atoms with Crippen LogP contribution in [0.5, 0.6) is 5.75 Å². The number of ether oxygens (including phenoxy) is 1. The maximum atomic E-state index is 12.5. The quantitative estimate of drug-likeness (QED) is 0.485. The summed E-state index contributed by atoms with van der Waals surface area (Å²) in [5, 5.41) is 4.65. The van der Waals surface area contributed by atoms with Gasteiger partial charge in [-0.2, -0.15) is 8.78 Å². The summed E-state index contributed by atoms with van der Waals surface area (Å²) in [5.74, 6) is -0.158. The molecule has 5 nitrogen and oxygen atoms in total. The van der Waals surface area contributed by atoms with Gasteiger partial charge in [-0.05, 0) is 6.07 Å². The summed E-state index contributed by atoms with van der Waals surface area (Å²) in [5.41, 5.74) is 3.16. The first-order chi connectivity index (χ1) is 14.1. The Hall–Kier alpha value is -3.26. The van der Waals surface area contributed by atoms with E-state index in [1.54, 1.807) is 18.2 Å². The van der Waals surface area contributed by atoms with Crippen LogP contribution < -0.4 is 10.1 Å². The number of nitrogens with zero attached hydrogens (tertiary/aromatic N) is 2. The fraction of sp³-hybridized carbons (Fsp3) is 0.143. The highest BCUT2D eigenvalue weighted by Crippen LogP contribution is 2.24. The molecule has 0 spiro atoms. The number of halogens is 2. The van der Waals surface area contributed by atoms with Gasteiger partial charge >= 0.3 is 6.61 Å². The molecule has 0 aliphatic heterocycles. The fourth-order valence-corrected chi connectivity index (χ4v) is 3.86. The van der Waals surface area contributed by atoms with E-state index in [1.165, 1.54) is 17.4 Å². The Labute approximate surface area is 169 Å². The SMILES string of the molecule is O=C(Cc1csc2nc(-c3ccccc3)cn12)NCc1ccccc1OC(F)F. The lowest BCUT2D eigenvalue weighted by molar-refractivity contribution is -0.120. The minimum Gasteiger partial charge on any atom is -0.434 e. The van der Waals surface area contributed by atoms with Gasteiger partial charge in [-0.25, -0.2) is 4.98 Å². The topological polar surface area (TPSA) is 55.6 Å². The molecule has 2 heterocycles. The van der Waals surface area contributed by atoms with Gasteiger partial charge in [0, 0.05) is 34.9 Å². The van der Waals surface area contributed by atoms with E-state index in [9.17, 15) is 13.6 Å². The van der Waals surface area contributed by atoms with Crippen LogP contribution in [0.4, 0.5) is 8.78 Å². The number of aromatic nitrogens is 2. The standard InChI is InChI=1S/C21H17F2N3O2S/c22-20(23)28-18-9-5-4-8-15(18)11-24-19(27)10-16-13-29-21-25-17(12-26(16)21)14-6-2-1-3-7-14/h1-9,12-13,20H,10-11H2,(H,24,27). The Morgan fingerprint density at radius 2 is 1.90 bits per heavy atom. The number of carbonyl (C=O) groups excluding carboxylic acids is 1. The van der Waals surface area contributed by atoms with Gasteiger partial charge in [0.05, 0.1) is 12.1 Å². The molecule has 0 atom stereocenters. The van der Waals surface area contributed by atoms with Crippen molar-refractivity contribution in [1.29, 1.82) is 0 Å². The number of alkyl halides is 2. The molecule has 0 fully saturated rings. The number of benzene rings is 2. The maximum Gasteiger partial charge on any atom is 0.387 e. The number of hydrogen-bond acceptors (Lipinski definition) is 4. The van der Waals surface area contributed by atoms with Crippen molar-refractivity contribution in [2.24, 2.45) is 0 Å². The zero-order valence-corrected chi connectivity index (χ0v) is 16.0. The average molecular weight is 413 g/mol. The number of amides is 1. The Balaban J connectivity index is 1.44. The van der Waals surface area contributed by atoms with Crippen LogP contribution in [0.25, 0.3) is 16.2 Å². The molecule has 0 radical (unpaired) electrons. The lowest BCUT2D eigenvalue weighted by atomic mass is 10.2. The van der Waals surface area contributed by atoms with E-state index < -0.39 is 6.61 Å². The highest BCUT2D eigenvalue weighted by Gasteiger charge is 2.14. The van der Waals surface area contributed by atoms with E-state index >= 15 is 0 Å². The zero-order chi connectivity index (χ0) is 20.2. The number of rotatable bonds is 7. The lowest BCUT2D eigenvalue weighted by Crippen LogP contribution is -2.25. The van der Waals surface area contributed by atoms with Crippen LogP contribution in [0.1, 0.15) is 11.3 Å². The fourth-order valence-electron chi connectivity index (χ4n) is 2.99. The number of hydrogen-bond donors (Lipinski definition) is 1. The summed E-state index contributed by atoms with van der Waals surface area (Å²) >= 11 is 1.46. The minimum atomic E-state index is -2.91. The van der Waals surface area contributed by atoms with Gasteiger partial charge < -0.3 is 10.1 Å². The predicted molar refractivity (Wildman–Crippen MR) is 107 cm³/mol. The first-order valence-corrected chi connectivity index (χ1v) is 9.78. The van der Waals surface area contributed by atoms with E-state index in [2.05, 4.69) is 15.0 Å². The summed E-state index contributed by atoms with van der Waals surface area (Å²) in [6, 6.07) is 16.2. The lowest BCUT2D eigenvalue weighted by Gasteiger charge is -2.11. The molecule has 2 aromatic carbocycles. The van der Waals surface area contributed by atoms with Crippen molar-refractivity contribution in [1.82, 2.24) is 14.7 Å². The van der Waals surface area contributed by atoms with Crippen molar-refractivity contribution in [3.05, 3.63) is 77.4 Å². The molecule has 0 bridgehead atoms. The molecular weight excluding hydrogens is 396 g/mol. The van der Waals surface area contributed by atoms with Crippen LogP contribution in [0.3, 0.4) is 0 Å². The second kappa shape index (κ2) is 8.40. The van der Waals surface area contributed by atoms with Gasteiger partial charge in [0.15, 0.2) is 4.96 Å². The summed E-state index contributed by atoms with van der Waals surface area (Å²) < 4.78 is 31.4. The van der Waals surface area contributed by atoms with Crippen molar-refractivity contribution < 1.29 is 18.3 Å². The highest BCUT2D eigenvalue weighted by atomic mass is 32.1. The second-order valence-electron chi connectivity index (χ2n) is 6.31. The zero-order valence-electron chi connectivity index (χ0n) is 15.2. The van der Waals surface area contributed by atoms with E-state index in [-0.39, 0.29) is 24.6 Å². The van der Waals surface area contributed by atoms with Crippen molar-refractivity contribution in [3.63, 3.8) is 0 Å². The van der Waals surface area contributed by atoms with Gasteiger partial charge in [-0.15, -0.1) is 11.3 Å². The summed E-state index contributed by atoms with van der Waals surface area (Å²) in [6.07, 6.45) is 2.07. The van der Waals surface area contributed by atoms with Crippen molar-refractivity contribution >= 4 is 22.2 Å². The number of carbonyl (C=O) groups is 1. The van der Waals surface area contributed by atoms with Crippen LogP contribution >= 0.6 is 11.3 Å². The van der Waals surface area contributed by atoms with Crippen LogP contribution in [-0.4, -0.2) is 21.9 Å². The highest BCUT2D eigenvalue weighted by molar-refractivity contribution is 7.15. The molecule has 1 N–H and O–H groups in total. The third kappa shape index (κ3) is 4.43. The maximum absolute atomic E-state index is 12.5. The van der Waals surface area contributed by atoms with E-state index in [0.29, 0.717) is 5.56 Å². The second-order valence-corrected chi connectivity index (χ2v) is 7.15. The molecule has 0 aliphatic carbocycles. The molecule has 2 aromatic heterocycles. The predicted octanol–water partition coefficient (Wildman–Crippen LogP) is 4.52. The van der Waals surface area contributed by atoms with Crippen LogP contribution in [0, 0.1) is 0 Å². The third-order valence-corrected chi connectivity index (χ3v) is 5.25. The largest absolute Gasteiger partial charge is 0.434 e. The molecule has 148 valence electrons. The number of para-hydroxylation sites is 1. The molecule has 4 rings (SSSR count). The van der Waals surface area contributed by atoms with E-state index in [0.717, 1.165) is 21.9 Å². The molecule has 0 saturated heterocycles. The third-order valence-electron chi connectivity index (χ3n) is 4.36. The smallest absolute Gasteiger partial charge is 0.387 e. The molecule has 0 unspecified atom stereocenters. The van der Waals surface area contributed by atoms with Gasteiger partial charge in [-0.3, -0.25) is 9.20 Å². The number of nitrogens with one attached hydrogen (secondary N) is 1. The molecule has 0 aliphatic rings. The van der Waals surface area contributed by atoms with Crippen LogP contribution in [0.15, 0.2) is 66.2 Å². The summed E-state index contributed by atoms with van der Waals surface area (Å²) in [6.45, 7) is -2.81. The minimum absolute atomic E-state index is 0.0582. The Kier molecular flexibility index (Phi) is 5.53. The Morgan fingerprint density at radius 1 is 1.14 bits per heavy atom. The first-order valence-electron chi connectivity index (χ1n) is 8.90. The van der Waals surface area contributed by atoms with Crippen molar-refractivity contribution in [2.45, 2.75) is 19.6 Å².